The van der Waals surface area contributed by atoms with Gasteiger partial charge in [0.05, 0.1) is 5.92 Å². The quantitative estimate of drug-likeness (QED) is 0.527. The Hall–Kier alpha value is -1.12. The zero-order valence-electron chi connectivity index (χ0n) is 19.2. The normalized spacial score (nSPS) is 40.8. The molecular formula is C26H42O3. The molecule has 0 aliphatic heterocycles. The van der Waals surface area contributed by atoms with Crippen LogP contribution in [0.15, 0.2) is 12.2 Å². The first kappa shape index (κ1) is 22.6. The predicted octanol–water partition coefficient (Wildman–Crippen LogP) is 6.52. The number of hydrogen-bond acceptors (Lipinski definition) is 2. The van der Waals surface area contributed by atoms with E-state index in [4.69, 9.17) is 0 Å². The summed E-state index contributed by atoms with van der Waals surface area (Å²) in [5, 5.41) is 10.3. The van der Waals surface area contributed by atoms with Crippen LogP contribution in [0.5, 0.6) is 0 Å². The molecule has 0 radical (unpaired) electrons. The minimum absolute atomic E-state index is 0.0227. The SMILES string of the molecule is CC(C)CCCC(C)C1CCC2C(C(=O)O)C(C3(C)CCC=CC3=O)CCC12C. The van der Waals surface area contributed by atoms with E-state index in [1.807, 2.05) is 13.0 Å². The number of rotatable bonds is 7. The molecule has 1 N–H and O–H groups in total. The van der Waals surface area contributed by atoms with E-state index in [1.54, 1.807) is 6.08 Å². The maximum atomic E-state index is 12.8. The van der Waals surface area contributed by atoms with Gasteiger partial charge in [0.25, 0.3) is 0 Å². The lowest BCUT2D eigenvalue weighted by Crippen LogP contribution is -2.52. The first-order valence-corrected chi connectivity index (χ1v) is 12.0. The lowest BCUT2D eigenvalue weighted by molar-refractivity contribution is -0.159. The maximum absolute atomic E-state index is 12.8. The second-order valence-electron chi connectivity index (χ2n) is 11.3. The Morgan fingerprint density at radius 3 is 2.45 bits per heavy atom. The van der Waals surface area contributed by atoms with Crippen molar-refractivity contribution in [3.8, 4) is 0 Å². The molecule has 0 spiro atoms. The smallest absolute Gasteiger partial charge is 0.307 e. The van der Waals surface area contributed by atoms with Gasteiger partial charge in [0.2, 0.25) is 0 Å². The molecule has 2 saturated carbocycles. The minimum atomic E-state index is -0.664. The van der Waals surface area contributed by atoms with Gasteiger partial charge in [-0.3, -0.25) is 9.59 Å². The molecule has 3 aliphatic rings. The fraction of sp³-hybridized carbons (Fsp3) is 0.846. The van der Waals surface area contributed by atoms with E-state index in [9.17, 15) is 14.7 Å². The molecule has 3 heteroatoms. The second-order valence-corrected chi connectivity index (χ2v) is 11.3. The number of carbonyl (C=O) groups is 2. The third kappa shape index (κ3) is 4.08. The number of hydrogen-bond donors (Lipinski definition) is 1. The van der Waals surface area contributed by atoms with Crippen LogP contribution in [0.25, 0.3) is 0 Å². The average molecular weight is 403 g/mol. The summed E-state index contributed by atoms with van der Waals surface area (Å²) in [5.74, 6) is 1.34. The largest absolute Gasteiger partial charge is 0.481 e. The Morgan fingerprint density at radius 1 is 1.10 bits per heavy atom. The van der Waals surface area contributed by atoms with E-state index in [-0.39, 0.29) is 29.0 Å². The topological polar surface area (TPSA) is 54.4 Å². The monoisotopic (exact) mass is 402 g/mol. The lowest BCUT2D eigenvalue weighted by Gasteiger charge is -2.52. The first-order valence-electron chi connectivity index (χ1n) is 12.0. The number of allylic oxidation sites excluding steroid dienone is 2. The van der Waals surface area contributed by atoms with E-state index < -0.39 is 11.4 Å². The van der Waals surface area contributed by atoms with Crippen LogP contribution in [-0.4, -0.2) is 16.9 Å². The van der Waals surface area contributed by atoms with Gasteiger partial charge in [0, 0.05) is 5.41 Å². The highest BCUT2D eigenvalue weighted by molar-refractivity contribution is 5.96. The summed E-state index contributed by atoms with van der Waals surface area (Å²) in [7, 11) is 0. The summed E-state index contributed by atoms with van der Waals surface area (Å²) in [6.07, 6.45) is 13.3. The molecule has 3 aliphatic carbocycles. The van der Waals surface area contributed by atoms with E-state index >= 15 is 0 Å². The molecule has 3 nitrogen and oxygen atoms in total. The Bertz CT molecular complexity index is 650. The van der Waals surface area contributed by atoms with Crippen molar-refractivity contribution >= 4 is 11.8 Å². The van der Waals surface area contributed by atoms with Gasteiger partial charge >= 0.3 is 5.97 Å². The van der Waals surface area contributed by atoms with Crippen LogP contribution in [0, 0.1) is 46.3 Å². The van der Waals surface area contributed by atoms with Gasteiger partial charge in [-0.25, -0.2) is 0 Å². The van der Waals surface area contributed by atoms with E-state index in [0.717, 1.165) is 44.4 Å². The highest BCUT2D eigenvalue weighted by Gasteiger charge is 2.60. The van der Waals surface area contributed by atoms with Crippen molar-refractivity contribution in [3.63, 3.8) is 0 Å². The molecule has 0 saturated heterocycles. The predicted molar refractivity (Wildman–Crippen MR) is 118 cm³/mol. The van der Waals surface area contributed by atoms with Gasteiger partial charge in [-0.05, 0) is 79.6 Å². The summed E-state index contributed by atoms with van der Waals surface area (Å²) < 4.78 is 0. The Labute approximate surface area is 177 Å². The number of fused-ring (bicyclic) bond motifs is 1. The van der Waals surface area contributed by atoms with Crippen LogP contribution in [0.2, 0.25) is 0 Å². The molecule has 0 bridgehead atoms. The van der Waals surface area contributed by atoms with Crippen molar-refractivity contribution in [2.75, 3.05) is 0 Å². The molecule has 7 unspecified atom stereocenters. The molecule has 3 rings (SSSR count). The molecule has 164 valence electrons. The van der Waals surface area contributed by atoms with Crippen molar-refractivity contribution in [3.05, 3.63) is 12.2 Å². The molecule has 0 amide bonds. The van der Waals surface area contributed by atoms with Crippen molar-refractivity contribution in [1.82, 2.24) is 0 Å². The third-order valence-corrected chi connectivity index (χ3v) is 9.24. The highest BCUT2D eigenvalue weighted by atomic mass is 16.4. The number of carboxylic acids is 1. The molecule has 2 fully saturated rings. The molecule has 29 heavy (non-hydrogen) atoms. The van der Waals surface area contributed by atoms with Crippen LogP contribution >= 0.6 is 0 Å². The number of carbonyl (C=O) groups excluding carboxylic acids is 1. The Balaban J connectivity index is 1.80. The standard InChI is InChI=1S/C26H42O3/c1-17(2)9-8-10-18(3)19-12-13-20-23(24(28)29)21(14-16-25(19,20)4)26(5)15-7-6-11-22(26)27/h6,11,17-21,23H,7-10,12-16H2,1-5H3,(H,28,29). The summed E-state index contributed by atoms with van der Waals surface area (Å²) in [4.78, 5) is 25.4. The van der Waals surface area contributed by atoms with E-state index in [2.05, 4.69) is 27.7 Å². The zero-order valence-corrected chi connectivity index (χ0v) is 19.2. The minimum Gasteiger partial charge on any atom is -0.481 e. The Kier molecular flexibility index (Phi) is 6.65. The van der Waals surface area contributed by atoms with Crippen LogP contribution in [0.1, 0.15) is 92.4 Å². The fourth-order valence-corrected chi connectivity index (χ4v) is 7.48. The van der Waals surface area contributed by atoms with Crippen molar-refractivity contribution in [2.45, 2.75) is 92.4 Å². The van der Waals surface area contributed by atoms with Gasteiger partial charge in [0.15, 0.2) is 5.78 Å². The van der Waals surface area contributed by atoms with Crippen molar-refractivity contribution < 1.29 is 14.7 Å². The zero-order chi connectivity index (χ0) is 21.4. The third-order valence-electron chi connectivity index (χ3n) is 9.24. The fourth-order valence-electron chi connectivity index (χ4n) is 7.48. The van der Waals surface area contributed by atoms with Gasteiger partial charge in [-0.1, -0.05) is 60.0 Å². The van der Waals surface area contributed by atoms with Crippen LogP contribution in [0.4, 0.5) is 0 Å². The van der Waals surface area contributed by atoms with Crippen molar-refractivity contribution in [1.29, 1.82) is 0 Å². The van der Waals surface area contributed by atoms with Crippen LogP contribution in [0.3, 0.4) is 0 Å². The van der Waals surface area contributed by atoms with Gasteiger partial charge in [-0.15, -0.1) is 0 Å². The van der Waals surface area contributed by atoms with Crippen LogP contribution < -0.4 is 0 Å². The lowest BCUT2D eigenvalue weighted by atomic mass is 9.50. The molecule has 0 aromatic rings. The number of ketones is 1. The molecule has 7 atom stereocenters. The molecule has 0 heterocycles. The summed E-state index contributed by atoms with van der Waals surface area (Å²) in [6.45, 7) is 11.4. The summed E-state index contributed by atoms with van der Waals surface area (Å²) in [5.41, 5.74) is -0.388. The second kappa shape index (κ2) is 8.55. The van der Waals surface area contributed by atoms with E-state index in [1.165, 1.54) is 19.3 Å². The van der Waals surface area contributed by atoms with Gasteiger partial charge < -0.3 is 5.11 Å². The highest BCUT2D eigenvalue weighted by Crippen LogP contribution is 2.64. The average Bonchev–Trinajstić information content (AvgIpc) is 2.99. The van der Waals surface area contributed by atoms with Gasteiger partial charge in [0.1, 0.15) is 0 Å². The molecular weight excluding hydrogens is 360 g/mol. The van der Waals surface area contributed by atoms with Gasteiger partial charge in [-0.2, -0.15) is 0 Å². The van der Waals surface area contributed by atoms with Crippen molar-refractivity contribution in [2.24, 2.45) is 46.3 Å². The Morgan fingerprint density at radius 2 is 1.83 bits per heavy atom. The number of carboxylic acid groups (broad SMARTS) is 1. The summed E-state index contributed by atoms with van der Waals surface area (Å²) >= 11 is 0. The molecule has 0 aromatic heterocycles. The first-order chi connectivity index (χ1) is 13.6. The van der Waals surface area contributed by atoms with E-state index in [0.29, 0.717) is 11.8 Å². The molecule has 0 aromatic carbocycles. The summed E-state index contributed by atoms with van der Waals surface area (Å²) in [6, 6.07) is 0. The maximum Gasteiger partial charge on any atom is 0.307 e. The number of aliphatic carboxylic acids is 1. The van der Waals surface area contributed by atoms with Crippen LogP contribution in [-0.2, 0) is 9.59 Å².